The fourth-order valence-electron chi connectivity index (χ4n) is 1.94. The molecule has 0 radical (unpaired) electrons. The second kappa shape index (κ2) is 5.97. The van der Waals surface area contributed by atoms with E-state index in [1.54, 1.807) is 18.8 Å². The van der Waals surface area contributed by atoms with Crippen molar-refractivity contribution in [1.82, 2.24) is 10.2 Å². The minimum Gasteiger partial charge on any atom is -0.447 e. The second-order valence-electron chi connectivity index (χ2n) is 4.18. The van der Waals surface area contributed by atoms with Crippen molar-refractivity contribution in [3.05, 3.63) is 29.8 Å². The van der Waals surface area contributed by atoms with Gasteiger partial charge in [-0.05, 0) is 24.0 Å². The fourth-order valence-corrected chi connectivity index (χ4v) is 2.34. The number of benzene rings is 1. The van der Waals surface area contributed by atoms with Gasteiger partial charge in [-0.2, -0.15) is 0 Å². The van der Waals surface area contributed by atoms with Gasteiger partial charge in [0.05, 0.1) is 6.54 Å². The van der Waals surface area contributed by atoms with E-state index in [-0.39, 0.29) is 12.5 Å². The molecule has 6 heteroatoms. The van der Waals surface area contributed by atoms with E-state index < -0.39 is 12.1 Å². The first-order valence-corrected chi connectivity index (χ1v) is 7.16. The van der Waals surface area contributed by atoms with Crippen LogP contribution in [-0.2, 0) is 16.1 Å². The van der Waals surface area contributed by atoms with E-state index in [0.717, 1.165) is 10.5 Å². The first-order chi connectivity index (χ1) is 9.15. The SMILES string of the molecule is CNC(=O)[C@@H]1COC(=O)N1Cc1ccc(SC)cc1. The molecule has 2 amide bonds. The van der Waals surface area contributed by atoms with Crippen molar-refractivity contribution >= 4 is 23.8 Å². The fraction of sp³-hybridized carbons (Fsp3) is 0.385. The lowest BCUT2D eigenvalue weighted by Gasteiger charge is -2.20. The Labute approximate surface area is 116 Å². The zero-order chi connectivity index (χ0) is 13.8. The number of nitrogens with one attached hydrogen (secondary N) is 1. The van der Waals surface area contributed by atoms with Gasteiger partial charge in [0.2, 0.25) is 5.91 Å². The number of amides is 2. The van der Waals surface area contributed by atoms with Crippen molar-refractivity contribution in [3.8, 4) is 0 Å². The molecule has 1 aliphatic heterocycles. The van der Waals surface area contributed by atoms with Crippen LogP contribution < -0.4 is 5.32 Å². The third kappa shape index (κ3) is 3.01. The standard InChI is InChI=1S/C13H16N2O3S/c1-14-12(16)11-8-18-13(17)15(11)7-9-3-5-10(19-2)6-4-9/h3-6,11H,7-8H2,1-2H3,(H,14,16)/t11-/m0/s1. The molecule has 1 atom stereocenters. The number of nitrogens with zero attached hydrogens (tertiary/aromatic N) is 1. The Bertz CT molecular complexity index is 475. The zero-order valence-electron chi connectivity index (χ0n) is 10.9. The molecule has 0 aromatic heterocycles. The Morgan fingerprint density at radius 3 is 2.74 bits per heavy atom. The van der Waals surface area contributed by atoms with Gasteiger partial charge < -0.3 is 10.1 Å². The molecule has 0 aliphatic carbocycles. The summed E-state index contributed by atoms with van der Waals surface area (Å²) in [6.07, 6.45) is 1.57. The number of hydrogen-bond acceptors (Lipinski definition) is 4. The Hall–Kier alpha value is -1.69. The number of thioether (sulfide) groups is 1. The molecule has 1 aliphatic rings. The maximum Gasteiger partial charge on any atom is 0.410 e. The molecule has 1 N–H and O–H groups in total. The highest BCUT2D eigenvalue weighted by atomic mass is 32.2. The van der Waals surface area contributed by atoms with Crippen LogP contribution in [0.5, 0.6) is 0 Å². The van der Waals surface area contributed by atoms with Crippen LogP contribution >= 0.6 is 11.8 Å². The molecule has 2 rings (SSSR count). The molecule has 0 unspecified atom stereocenters. The van der Waals surface area contributed by atoms with E-state index in [1.807, 2.05) is 30.5 Å². The summed E-state index contributed by atoms with van der Waals surface area (Å²) in [4.78, 5) is 25.9. The van der Waals surface area contributed by atoms with Crippen LogP contribution in [0.3, 0.4) is 0 Å². The van der Waals surface area contributed by atoms with Crippen LogP contribution in [0.4, 0.5) is 4.79 Å². The van der Waals surface area contributed by atoms with Crippen LogP contribution in [0.1, 0.15) is 5.56 Å². The lowest BCUT2D eigenvalue weighted by atomic mass is 10.2. The highest BCUT2D eigenvalue weighted by Gasteiger charge is 2.37. The van der Waals surface area contributed by atoms with Gasteiger partial charge in [-0.15, -0.1) is 11.8 Å². The summed E-state index contributed by atoms with van der Waals surface area (Å²) in [5.74, 6) is -0.202. The average Bonchev–Trinajstić information content (AvgIpc) is 2.80. The Morgan fingerprint density at radius 1 is 1.47 bits per heavy atom. The van der Waals surface area contributed by atoms with E-state index in [2.05, 4.69) is 5.32 Å². The summed E-state index contributed by atoms with van der Waals surface area (Å²) in [5, 5.41) is 2.55. The van der Waals surface area contributed by atoms with Gasteiger partial charge >= 0.3 is 6.09 Å². The van der Waals surface area contributed by atoms with Crippen LogP contribution in [0.25, 0.3) is 0 Å². The molecule has 1 fully saturated rings. The molecule has 1 aromatic carbocycles. The first-order valence-electron chi connectivity index (χ1n) is 5.93. The number of rotatable bonds is 4. The van der Waals surface area contributed by atoms with Crippen molar-refractivity contribution in [1.29, 1.82) is 0 Å². The normalized spacial score (nSPS) is 18.3. The minimum absolute atomic E-state index is 0.113. The number of carbonyl (C=O) groups is 2. The smallest absolute Gasteiger partial charge is 0.410 e. The molecule has 0 bridgehead atoms. The summed E-state index contributed by atoms with van der Waals surface area (Å²) < 4.78 is 4.94. The molecular formula is C13H16N2O3S. The molecule has 5 nitrogen and oxygen atoms in total. The Kier molecular flexibility index (Phi) is 4.31. The maximum atomic E-state index is 11.7. The van der Waals surface area contributed by atoms with Gasteiger partial charge in [0, 0.05) is 11.9 Å². The molecule has 0 spiro atoms. The predicted molar refractivity (Wildman–Crippen MR) is 73.0 cm³/mol. The van der Waals surface area contributed by atoms with Crippen LogP contribution in [0.2, 0.25) is 0 Å². The number of hydrogen-bond donors (Lipinski definition) is 1. The van der Waals surface area contributed by atoms with Gasteiger partial charge in [-0.25, -0.2) is 4.79 Å². The average molecular weight is 280 g/mol. The molecule has 1 aromatic rings. The zero-order valence-corrected chi connectivity index (χ0v) is 11.7. The van der Waals surface area contributed by atoms with E-state index >= 15 is 0 Å². The highest BCUT2D eigenvalue weighted by molar-refractivity contribution is 7.98. The summed E-state index contributed by atoms with van der Waals surface area (Å²) in [7, 11) is 1.55. The predicted octanol–water partition coefficient (Wildman–Crippen LogP) is 1.48. The van der Waals surface area contributed by atoms with Gasteiger partial charge in [0.25, 0.3) is 0 Å². The summed E-state index contributed by atoms with van der Waals surface area (Å²) in [5.41, 5.74) is 0.977. The maximum absolute atomic E-state index is 11.7. The number of carbonyl (C=O) groups excluding carboxylic acids is 2. The Balaban J connectivity index is 2.10. The van der Waals surface area contributed by atoms with Crippen molar-refractivity contribution < 1.29 is 14.3 Å². The van der Waals surface area contributed by atoms with E-state index in [9.17, 15) is 9.59 Å². The van der Waals surface area contributed by atoms with Crippen LogP contribution in [-0.4, -0.2) is 42.9 Å². The number of ether oxygens (including phenoxy) is 1. The van der Waals surface area contributed by atoms with Crippen molar-refractivity contribution in [2.24, 2.45) is 0 Å². The lowest BCUT2D eigenvalue weighted by Crippen LogP contribution is -2.44. The van der Waals surface area contributed by atoms with E-state index in [4.69, 9.17) is 4.74 Å². The topological polar surface area (TPSA) is 58.6 Å². The monoisotopic (exact) mass is 280 g/mol. The molecule has 1 saturated heterocycles. The molecular weight excluding hydrogens is 264 g/mol. The highest BCUT2D eigenvalue weighted by Crippen LogP contribution is 2.19. The lowest BCUT2D eigenvalue weighted by molar-refractivity contribution is -0.124. The van der Waals surface area contributed by atoms with Crippen molar-refractivity contribution in [3.63, 3.8) is 0 Å². The van der Waals surface area contributed by atoms with E-state index in [0.29, 0.717) is 6.54 Å². The number of likely N-dealkylation sites (N-methyl/N-ethyl adjacent to an activating group) is 1. The quantitative estimate of drug-likeness (QED) is 0.849. The summed E-state index contributed by atoms with van der Waals surface area (Å²) in [6, 6.07) is 7.36. The second-order valence-corrected chi connectivity index (χ2v) is 5.06. The van der Waals surface area contributed by atoms with Crippen LogP contribution in [0, 0.1) is 0 Å². The van der Waals surface area contributed by atoms with Gasteiger partial charge in [-0.3, -0.25) is 9.69 Å². The molecule has 0 saturated carbocycles. The first kappa shape index (κ1) is 13.7. The largest absolute Gasteiger partial charge is 0.447 e. The Morgan fingerprint density at radius 2 is 2.16 bits per heavy atom. The van der Waals surface area contributed by atoms with E-state index in [1.165, 1.54) is 4.90 Å². The van der Waals surface area contributed by atoms with Crippen LogP contribution in [0.15, 0.2) is 29.2 Å². The van der Waals surface area contributed by atoms with Gasteiger partial charge in [0.1, 0.15) is 12.6 Å². The summed E-state index contributed by atoms with van der Waals surface area (Å²) >= 11 is 1.66. The molecule has 19 heavy (non-hydrogen) atoms. The summed E-state index contributed by atoms with van der Waals surface area (Å²) in [6.45, 7) is 0.493. The third-order valence-corrected chi connectivity index (χ3v) is 3.78. The van der Waals surface area contributed by atoms with Gasteiger partial charge in [-0.1, -0.05) is 12.1 Å². The third-order valence-electron chi connectivity index (χ3n) is 3.04. The van der Waals surface area contributed by atoms with Gasteiger partial charge in [0.15, 0.2) is 0 Å². The number of cyclic esters (lactones) is 1. The van der Waals surface area contributed by atoms with Crippen molar-refractivity contribution in [2.75, 3.05) is 19.9 Å². The molecule has 102 valence electrons. The van der Waals surface area contributed by atoms with Crippen molar-refractivity contribution in [2.45, 2.75) is 17.5 Å². The molecule has 1 heterocycles. The minimum atomic E-state index is -0.544.